The molecule has 0 bridgehead atoms. The van der Waals surface area contributed by atoms with E-state index >= 15 is 0 Å². The van der Waals surface area contributed by atoms with Crippen LogP contribution in [0.5, 0.6) is 5.75 Å². The van der Waals surface area contributed by atoms with Gasteiger partial charge in [-0.15, -0.1) is 0 Å². The van der Waals surface area contributed by atoms with Crippen molar-refractivity contribution in [2.75, 3.05) is 0 Å². The van der Waals surface area contributed by atoms with E-state index in [-0.39, 0.29) is 0 Å². The fraction of sp³-hybridized carbons (Fsp3) is 0.333. The van der Waals surface area contributed by atoms with Crippen molar-refractivity contribution in [3.63, 3.8) is 0 Å². The van der Waals surface area contributed by atoms with E-state index in [9.17, 15) is 4.79 Å². The van der Waals surface area contributed by atoms with E-state index in [4.69, 9.17) is 10.5 Å². The van der Waals surface area contributed by atoms with Crippen molar-refractivity contribution >= 4 is 5.91 Å². The molecule has 0 atom stereocenters. The van der Waals surface area contributed by atoms with Crippen molar-refractivity contribution in [3.05, 3.63) is 58.4 Å². The average molecular weight is 296 g/mol. The minimum Gasteiger partial charge on any atom is -0.489 e. The van der Waals surface area contributed by atoms with E-state index in [1.54, 1.807) is 24.3 Å². The van der Waals surface area contributed by atoms with Crippen LogP contribution in [0.4, 0.5) is 0 Å². The molecule has 0 saturated carbocycles. The second-order valence-electron chi connectivity index (χ2n) is 5.73. The standard InChI is InChI=1S/C18H20N2O2/c1-12-10-14(16-4-2-3-5-17(16)20-12)11-22-15-8-6-13(7-9-15)18(19)21/h6-10H,2-5,11H2,1H3,(H2,19,21). The number of carbonyl (C=O) groups is 1. The molecule has 0 unspecified atom stereocenters. The molecule has 2 aromatic rings. The van der Waals surface area contributed by atoms with E-state index in [0.29, 0.717) is 12.2 Å². The molecule has 1 aliphatic carbocycles. The monoisotopic (exact) mass is 296 g/mol. The molecule has 1 aromatic carbocycles. The van der Waals surface area contributed by atoms with Crippen molar-refractivity contribution < 1.29 is 9.53 Å². The summed E-state index contributed by atoms with van der Waals surface area (Å²) in [5, 5.41) is 0. The van der Waals surface area contributed by atoms with Gasteiger partial charge < -0.3 is 10.5 Å². The first-order valence-electron chi connectivity index (χ1n) is 7.64. The van der Waals surface area contributed by atoms with Gasteiger partial charge in [0.15, 0.2) is 0 Å². The third kappa shape index (κ3) is 3.11. The van der Waals surface area contributed by atoms with Gasteiger partial charge in [-0.25, -0.2) is 0 Å². The third-order valence-electron chi connectivity index (χ3n) is 4.05. The summed E-state index contributed by atoms with van der Waals surface area (Å²) in [5.74, 6) is 0.314. The Morgan fingerprint density at radius 3 is 2.68 bits per heavy atom. The summed E-state index contributed by atoms with van der Waals surface area (Å²) in [4.78, 5) is 15.7. The van der Waals surface area contributed by atoms with Crippen molar-refractivity contribution in [3.8, 4) is 5.75 Å². The average Bonchev–Trinajstić information content (AvgIpc) is 2.52. The summed E-state index contributed by atoms with van der Waals surface area (Å²) in [7, 11) is 0. The number of ether oxygens (including phenoxy) is 1. The highest BCUT2D eigenvalue weighted by Gasteiger charge is 2.15. The number of primary amides is 1. The molecule has 22 heavy (non-hydrogen) atoms. The number of rotatable bonds is 4. The molecular weight excluding hydrogens is 276 g/mol. The van der Waals surface area contributed by atoms with Crippen LogP contribution in [0.1, 0.15) is 45.7 Å². The predicted octanol–water partition coefficient (Wildman–Crippen LogP) is 2.95. The molecule has 0 spiro atoms. The maximum Gasteiger partial charge on any atom is 0.248 e. The minimum atomic E-state index is -0.426. The van der Waals surface area contributed by atoms with Crippen LogP contribution >= 0.6 is 0 Å². The van der Waals surface area contributed by atoms with E-state index in [1.165, 1.54) is 29.7 Å². The Morgan fingerprint density at radius 2 is 1.95 bits per heavy atom. The fourth-order valence-electron chi connectivity index (χ4n) is 2.95. The van der Waals surface area contributed by atoms with Gasteiger partial charge in [0.1, 0.15) is 12.4 Å². The van der Waals surface area contributed by atoms with E-state index in [0.717, 1.165) is 24.3 Å². The van der Waals surface area contributed by atoms with Gasteiger partial charge in [0.05, 0.1) is 0 Å². The first-order chi connectivity index (χ1) is 10.6. The highest BCUT2D eigenvalue weighted by Crippen LogP contribution is 2.25. The highest BCUT2D eigenvalue weighted by atomic mass is 16.5. The zero-order valence-corrected chi connectivity index (χ0v) is 12.8. The van der Waals surface area contributed by atoms with Gasteiger partial charge in [-0.2, -0.15) is 0 Å². The van der Waals surface area contributed by atoms with Crippen molar-refractivity contribution in [1.82, 2.24) is 4.98 Å². The van der Waals surface area contributed by atoms with Gasteiger partial charge in [0.2, 0.25) is 5.91 Å². The summed E-state index contributed by atoms with van der Waals surface area (Å²) in [6, 6.07) is 9.04. The first kappa shape index (κ1) is 14.6. The van der Waals surface area contributed by atoms with Gasteiger partial charge in [0, 0.05) is 17.0 Å². The number of amides is 1. The maximum absolute atomic E-state index is 11.1. The van der Waals surface area contributed by atoms with Gasteiger partial charge >= 0.3 is 0 Å². The van der Waals surface area contributed by atoms with Crippen LogP contribution in [0, 0.1) is 6.92 Å². The van der Waals surface area contributed by atoms with Gasteiger partial charge in [-0.05, 0) is 74.1 Å². The Labute approximate surface area is 130 Å². The molecule has 0 fully saturated rings. The molecule has 0 aliphatic heterocycles. The predicted molar refractivity (Wildman–Crippen MR) is 84.9 cm³/mol. The topological polar surface area (TPSA) is 65.2 Å². The van der Waals surface area contributed by atoms with Crippen molar-refractivity contribution in [1.29, 1.82) is 0 Å². The molecule has 1 amide bonds. The summed E-state index contributed by atoms with van der Waals surface area (Å²) < 4.78 is 5.87. The number of hydrogen-bond acceptors (Lipinski definition) is 3. The Balaban J connectivity index is 1.76. The van der Waals surface area contributed by atoms with Crippen LogP contribution < -0.4 is 10.5 Å². The lowest BCUT2D eigenvalue weighted by Crippen LogP contribution is -2.12. The number of benzene rings is 1. The fourth-order valence-corrected chi connectivity index (χ4v) is 2.95. The van der Waals surface area contributed by atoms with Crippen LogP contribution in [0.15, 0.2) is 30.3 Å². The minimum absolute atomic E-state index is 0.426. The molecule has 114 valence electrons. The van der Waals surface area contributed by atoms with Gasteiger partial charge in [-0.1, -0.05) is 0 Å². The number of nitrogens with two attached hydrogens (primary N) is 1. The third-order valence-corrected chi connectivity index (χ3v) is 4.05. The lowest BCUT2D eigenvalue weighted by molar-refractivity contribution is 0.100. The number of nitrogens with zero attached hydrogens (tertiary/aromatic N) is 1. The smallest absolute Gasteiger partial charge is 0.248 e. The normalized spacial score (nSPS) is 13.5. The Hall–Kier alpha value is -2.36. The molecule has 0 radical (unpaired) electrons. The molecule has 1 heterocycles. The van der Waals surface area contributed by atoms with Crippen LogP contribution in [0.25, 0.3) is 0 Å². The van der Waals surface area contributed by atoms with E-state index in [2.05, 4.69) is 11.1 Å². The van der Waals surface area contributed by atoms with Crippen molar-refractivity contribution in [2.45, 2.75) is 39.2 Å². The second kappa shape index (κ2) is 6.18. The summed E-state index contributed by atoms with van der Waals surface area (Å²) in [6.45, 7) is 2.56. The Morgan fingerprint density at radius 1 is 1.23 bits per heavy atom. The zero-order chi connectivity index (χ0) is 15.5. The molecule has 1 aromatic heterocycles. The molecule has 3 rings (SSSR count). The van der Waals surface area contributed by atoms with Gasteiger partial charge in [-0.3, -0.25) is 9.78 Å². The molecule has 4 heteroatoms. The van der Waals surface area contributed by atoms with Crippen LogP contribution in [-0.2, 0) is 19.4 Å². The molecular formula is C18H20N2O2. The Kier molecular flexibility index (Phi) is 4.09. The van der Waals surface area contributed by atoms with Crippen molar-refractivity contribution in [2.24, 2.45) is 5.73 Å². The molecule has 2 N–H and O–H groups in total. The van der Waals surface area contributed by atoms with E-state index < -0.39 is 5.91 Å². The first-order valence-corrected chi connectivity index (χ1v) is 7.64. The maximum atomic E-state index is 11.1. The summed E-state index contributed by atoms with van der Waals surface area (Å²) >= 11 is 0. The lowest BCUT2D eigenvalue weighted by atomic mass is 9.92. The SMILES string of the molecule is Cc1cc(COc2ccc(C(N)=O)cc2)c2c(n1)CCCC2. The second-order valence-corrected chi connectivity index (χ2v) is 5.73. The largest absolute Gasteiger partial charge is 0.489 e. The summed E-state index contributed by atoms with van der Waals surface area (Å²) in [6.07, 6.45) is 4.59. The number of fused-ring (bicyclic) bond motifs is 1. The van der Waals surface area contributed by atoms with E-state index in [1.807, 2.05) is 6.92 Å². The van der Waals surface area contributed by atoms with Crippen LogP contribution in [0.2, 0.25) is 0 Å². The number of aromatic nitrogens is 1. The van der Waals surface area contributed by atoms with Gasteiger partial charge in [0.25, 0.3) is 0 Å². The quantitative estimate of drug-likeness (QED) is 0.943. The molecule has 4 nitrogen and oxygen atoms in total. The van der Waals surface area contributed by atoms with Crippen LogP contribution in [0.3, 0.4) is 0 Å². The number of hydrogen-bond donors (Lipinski definition) is 1. The molecule has 1 aliphatic rings. The Bertz CT molecular complexity index is 693. The number of aryl methyl sites for hydroxylation is 2. The van der Waals surface area contributed by atoms with Crippen LogP contribution in [-0.4, -0.2) is 10.9 Å². The number of carbonyl (C=O) groups excluding carboxylic acids is 1. The highest BCUT2D eigenvalue weighted by molar-refractivity contribution is 5.92. The zero-order valence-electron chi connectivity index (χ0n) is 12.8. The lowest BCUT2D eigenvalue weighted by Gasteiger charge is -2.19. The number of pyridine rings is 1. The summed E-state index contributed by atoms with van der Waals surface area (Å²) in [5.41, 5.74) is 10.6. The molecule has 0 saturated heterocycles.